The molecule has 2 atom stereocenters. The fraction of sp³-hybridized carbons (Fsp3) is 0.750. The van der Waals surface area contributed by atoms with Crippen LogP contribution in [-0.2, 0) is 13.9 Å². The predicted octanol–water partition coefficient (Wildman–Crippen LogP) is -1.08. The van der Waals surface area contributed by atoms with Crippen molar-refractivity contribution in [3.05, 3.63) is 0 Å². The van der Waals surface area contributed by atoms with E-state index in [2.05, 4.69) is 4.52 Å². The standard InChI is InChI=1S/C4H10NO7P/c1-2(12-13(9,10)11)3(5-8)4(6)7/h2-3,5,8H,1H3,(H,6,7)(H2,9,10,11)/t2-,3+/m1/s1. The third-order valence-corrected chi connectivity index (χ3v) is 1.79. The lowest BCUT2D eigenvalue weighted by atomic mass is 10.2. The lowest BCUT2D eigenvalue weighted by molar-refractivity contribution is -0.145. The van der Waals surface area contributed by atoms with Gasteiger partial charge in [0.15, 0.2) is 6.04 Å². The smallest absolute Gasteiger partial charge is 0.469 e. The Hall–Kier alpha value is -0.500. The summed E-state index contributed by atoms with van der Waals surface area (Å²) in [5.41, 5.74) is 1.36. The fourth-order valence-electron chi connectivity index (χ4n) is 0.638. The van der Waals surface area contributed by atoms with Crippen LogP contribution in [0.1, 0.15) is 6.92 Å². The van der Waals surface area contributed by atoms with E-state index in [9.17, 15) is 9.36 Å². The van der Waals surface area contributed by atoms with E-state index < -0.39 is 25.9 Å². The van der Waals surface area contributed by atoms with Crippen molar-refractivity contribution in [1.82, 2.24) is 5.48 Å². The van der Waals surface area contributed by atoms with Crippen molar-refractivity contribution >= 4 is 13.8 Å². The number of nitrogens with one attached hydrogen (secondary N) is 1. The van der Waals surface area contributed by atoms with Crippen LogP contribution in [0.5, 0.6) is 0 Å². The molecule has 0 amide bonds. The van der Waals surface area contributed by atoms with Gasteiger partial charge < -0.3 is 20.1 Å². The summed E-state index contributed by atoms with van der Waals surface area (Å²) in [6.45, 7) is 1.10. The SMILES string of the molecule is C[C@@H](OP(=O)(O)O)[C@H](NO)C(=O)O. The zero-order valence-corrected chi connectivity index (χ0v) is 7.51. The number of hydroxylamine groups is 1. The monoisotopic (exact) mass is 215 g/mol. The molecule has 0 aliphatic heterocycles. The Bertz CT molecular complexity index is 225. The first kappa shape index (κ1) is 12.5. The van der Waals surface area contributed by atoms with Gasteiger partial charge in [-0.05, 0) is 6.92 Å². The molecular formula is C4H10NO7P. The Balaban J connectivity index is 4.31. The van der Waals surface area contributed by atoms with Crippen LogP contribution in [0, 0.1) is 0 Å². The first-order valence-corrected chi connectivity index (χ1v) is 4.67. The average Bonchev–Trinajstić information content (AvgIpc) is 1.82. The Kier molecular flexibility index (Phi) is 4.48. The molecule has 13 heavy (non-hydrogen) atoms. The Morgan fingerprint density at radius 3 is 2.23 bits per heavy atom. The lowest BCUT2D eigenvalue weighted by Crippen LogP contribution is -2.43. The summed E-state index contributed by atoms with van der Waals surface area (Å²) in [6.07, 6.45) is -1.36. The minimum atomic E-state index is -4.74. The van der Waals surface area contributed by atoms with Gasteiger partial charge in [0, 0.05) is 0 Å². The van der Waals surface area contributed by atoms with Gasteiger partial charge in [-0.3, -0.25) is 9.32 Å². The van der Waals surface area contributed by atoms with Crippen molar-refractivity contribution in [1.29, 1.82) is 0 Å². The number of carbonyl (C=O) groups is 1. The van der Waals surface area contributed by atoms with Crippen LogP contribution >= 0.6 is 7.82 Å². The van der Waals surface area contributed by atoms with Crippen LogP contribution in [0.4, 0.5) is 0 Å². The molecule has 0 radical (unpaired) electrons. The molecule has 0 bridgehead atoms. The number of rotatable bonds is 5. The minimum absolute atomic E-state index is 1.10. The second-order valence-electron chi connectivity index (χ2n) is 2.25. The second-order valence-corrected chi connectivity index (χ2v) is 3.44. The van der Waals surface area contributed by atoms with Gasteiger partial charge in [-0.15, -0.1) is 0 Å². The molecule has 78 valence electrons. The van der Waals surface area contributed by atoms with Crippen molar-refractivity contribution in [2.45, 2.75) is 19.1 Å². The van der Waals surface area contributed by atoms with Gasteiger partial charge in [0.05, 0.1) is 6.10 Å². The number of carboxylic acids is 1. The third kappa shape index (κ3) is 4.94. The van der Waals surface area contributed by atoms with Gasteiger partial charge >= 0.3 is 13.8 Å². The summed E-state index contributed by atoms with van der Waals surface area (Å²) in [4.78, 5) is 26.9. The largest absolute Gasteiger partial charge is 0.480 e. The second kappa shape index (κ2) is 4.66. The number of hydrogen-bond donors (Lipinski definition) is 5. The van der Waals surface area contributed by atoms with Crippen molar-refractivity contribution in [2.24, 2.45) is 0 Å². The molecule has 9 heteroatoms. The Morgan fingerprint density at radius 2 is 2.00 bits per heavy atom. The van der Waals surface area contributed by atoms with Crippen molar-refractivity contribution in [2.75, 3.05) is 0 Å². The summed E-state index contributed by atoms with van der Waals surface area (Å²) in [6, 6.07) is -1.59. The minimum Gasteiger partial charge on any atom is -0.480 e. The maximum atomic E-state index is 10.3. The van der Waals surface area contributed by atoms with Crippen molar-refractivity contribution in [3.63, 3.8) is 0 Å². The summed E-state index contributed by atoms with van der Waals surface area (Å²) >= 11 is 0. The number of carboxylic acid groups (broad SMARTS) is 1. The summed E-state index contributed by atoms with van der Waals surface area (Å²) in [5.74, 6) is -1.48. The van der Waals surface area contributed by atoms with Crippen LogP contribution in [0.15, 0.2) is 0 Å². The highest BCUT2D eigenvalue weighted by atomic mass is 31.2. The molecule has 0 unspecified atom stereocenters. The molecule has 0 aromatic heterocycles. The van der Waals surface area contributed by atoms with E-state index >= 15 is 0 Å². The molecule has 0 spiro atoms. The number of phosphoric ester groups is 1. The third-order valence-electron chi connectivity index (χ3n) is 1.18. The van der Waals surface area contributed by atoms with E-state index in [0.717, 1.165) is 6.92 Å². The molecule has 8 nitrogen and oxygen atoms in total. The maximum Gasteiger partial charge on any atom is 0.469 e. The first-order chi connectivity index (χ1) is 5.78. The summed E-state index contributed by atoms with van der Waals surface area (Å²) in [5, 5.41) is 16.7. The average molecular weight is 215 g/mol. The Labute approximate surface area is 73.3 Å². The normalized spacial score (nSPS) is 16.6. The predicted molar refractivity (Wildman–Crippen MR) is 38.9 cm³/mol. The quantitative estimate of drug-likeness (QED) is 0.288. The molecule has 0 rings (SSSR count). The van der Waals surface area contributed by atoms with Gasteiger partial charge in [-0.2, -0.15) is 5.48 Å². The van der Waals surface area contributed by atoms with Crippen LogP contribution < -0.4 is 5.48 Å². The van der Waals surface area contributed by atoms with Gasteiger partial charge in [-0.1, -0.05) is 0 Å². The summed E-state index contributed by atoms with van der Waals surface area (Å²) in [7, 11) is -4.74. The molecule has 0 saturated heterocycles. The van der Waals surface area contributed by atoms with Gasteiger partial charge in [0.25, 0.3) is 0 Å². The van der Waals surface area contributed by atoms with Gasteiger partial charge in [0.1, 0.15) is 0 Å². The highest BCUT2D eigenvalue weighted by Crippen LogP contribution is 2.38. The number of hydrogen-bond acceptors (Lipinski definition) is 5. The van der Waals surface area contributed by atoms with Crippen molar-refractivity contribution in [3.8, 4) is 0 Å². The topological polar surface area (TPSA) is 136 Å². The van der Waals surface area contributed by atoms with E-state index in [1.165, 1.54) is 5.48 Å². The van der Waals surface area contributed by atoms with E-state index in [4.69, 9.17) is 20.1 Å². The number of aliphatic carboxylic acids is 1. The lowest BCUT2D eigenvalue weighted by Gasteiger charge is -2.18. The van der Waals surface area contributed by atoms with Gasteiger partial charge in [-0.25, -0.2) is 4.57 Å². The molecule has 0 aliphatic carbocycles. The van der Waals surface area contributed by atoms with E-state index in [-0.39, 0.29) is 0 Å². The molecule has 0 aliphatic rings. The molecule has 0 aromatic carbocycles. The molecule has 0 saturated carbocycles. The van der Waals surface area contributed by atoms with E-state index in [1.807, 2.05) is 0 Å². The maximum absolute atomic E-state index is 10.3. The highest BCUT2D eigenvalue weighted by Gasteiger charge is 2.30. The zero-order chi connectivity index (χ0) is 10.6. The molecule has 0 heterocycles. The molecule has 5 N–H and O–H groups in total. The van der Waals surface area contributed by atoms with Crippen LogP contribution in [0.3, 0.4) is 0 Å². The zero-order valence-electron chi connectivity index (χ0n) is 6.62. The number of phosphoric acid groups is 1. The Morgan fingerprint density at radius 1 is 1.54 bits per heavy atom. The molecule has 0 aromatic rings. The van der Waals surface area contributed by atoms with Crippen LogP contribution in [-0.4, -0.2) is 38.2 Å². The molecule has 0 fully saturated rings. The molecular weight excluding hydrogens is 205 g/mol. The first-order valence-electron chi connectivity index (χ1n) is 3.14. The van der Waals surface area contributed by atoms with E-state index in [0.29, 0.717) is 0 Å². The fourth-order valence-corrected chi connectivity index (χ4v) is 1.19. The van der Waals surface area contributed by atoms with Gasteiger partial charge in [0.2, 0.25) is 0 Å². The van der Waals surface area contributed by atoms with Crippen LogP contribution in [0.2, 0.25) is 0 Å². The van der Waals surface area contributed by atoms with E-state index in [1.54, 1.807) is 0 Å². The van der Waals surface area contributed by atoms with Crippen LogP contribution in [0.25, 0.3) is 0 Å². The highest BCUT2D eigenvalue weighted by molar-refractivity contribution is 7.46. The summed E-state index contributed by atoms with van der Waals surface area (Å²) < 4.78 is 14.3. The van der Waals surface area contributed by atoms with Crippen molar-refractivity contribution < 1.29 is 34.0 Å².